The smallest absolute Gasteiger partial charge is 0.169 e. The largest absolute Gasteiger partial charge is 0.383 e. The maximum absolute atomic E-state index is 12.3. The van der Waals surface area contributed by atoms with E-state index in [1.165, 1.54) is 0 Å². The van der Waals surface area contributed by atoms with Crippen molar-refractivity contribution in [2.24, 2.45) is 11.7 Å². The summed E-state index contributed by atoms with van der Waals surface area (Å²) >= 11 is 0. The second-order valence-electron chi connectivity index (χ2n) is 4.93. The molecular formula is C13H19N3O. The average molecular weight is 233 g/mol. The summed E-state index contributed by atoms with van der Waals surface area (Å²) in [5.74, 6) is 0.457. The molecule has 2 rings (SSSR count). The van der Waals surface area contributed by atoms with Gasteiger partial charge in [-0.15, -0.1) is 0 Å². The first-order valence-electron chi connectivity index (χ1n) is 6.10. The normalized spacial score (nSPS) is 24.6. The molecule has 0 radical (unpaired) electrons. The van der Waals surface area contributed by atoms with Crippen molar-refractivity contribution in [1.82, 2.24) is 4.98 Å². The summed E-state index contributed by atoms with van der Waals surface area (Å²) in [5, 5.41) is 0. The number of rotatable bonds is 2. The quantitative estimate of drug-likeness (QED) is 0.761. The number of nitrogens with two attached hydrogens (primary N) is 2. The van der Waals surface area contributed by atoms with Gasteiger partial charge in [-0.1, -0.05) is 6.42 Å². The summed E-state index contributed by atoms with van der Waals surface area (Å²) in [6.07, 6.45) is 5.41. The first-order chi connectivity index (χ1) is 8.08. The molecule has 1 heterocycles. The first kappa shape index (κ1) is 12.0. The highest BCUT2D eigenvalue weighted by Crippen LogP contribution is 2.27. The fourth-order valence-electron chi connectivity index (χ4n) is 2.46. The molecule has 4 heteroatoms. The molecule has 0 aromatic carbocycles. The Hall–Kier alpha value is -1.42. The fraction of sp³-hybridized carbons (Fsp3) is 0.538. The van der Waals surface area contributed by atoms with Gasteiger partial charge in [0.2, 0.25) is 0 Å². The van der Waals surface area contributed by atoms with Crippen LogP contribution in [0.5, 0.6) is 0 Å². The third-order valence-corrected chi connectivity index (χ3v) is 3.41. The van der Waals surface area contributed by atoms with Crippen molar-refractivity contribution < 1.29 is 4.79 Å². The number of nitrogens with zero attached hydrogens (tertiary/aromatic N) is 1. The fourth-order valence-corrected chi connectivity index (χ4v) is 2.46. The molecule has 1 aromatic rings. The number of ketones is 1. The maximum Gasteiger partial charge on any atom is 0.169 e. The van der Waals surface area contributed by atoms with Gasteiger partial charge in [0.1, 0.15) is 5.82 Å². The van der Waals surface area contributed by atoms with Gasteiger partial charge in [0, 0.05) is 18.2 Å². The molecule has 17 heavy (non-hydrogen) atoms. The monoisotopic (exact) mass is 233 g/mol. The summed E-state index contributed by atoms with van der Waals surface area (Å²) < 4.78 is 0. The van der Waals surface area contributed by atoms with Crippen molar-refractivity contribution in [3.05, 3.63) is 23.4 Å². The van der Waals surface area contributed by atoms with E-state index in [1.807, 2.05) is 13.0 Å². The van der Waals surface area contributed by atoms with Crippen molar-refractivity contribution in [3.8, 4) is 0 Å². The lowest BCUT2D eigenvalue weighted by atomic mass is 9.81. The first-order valence-corrected chi connectivity index (χ1v) is 6.10. The number of carbonyl (C=O) groups excluding carboxylic acids is 1. The lowest BCUT2D eigenvalue weighted by Gasteiger charge is -2.25. The Balaban J connectivity index is 2.21. The summed E-state index contributed by atoms with van der Waals surface area (Å²) in [7, 11) is 0. The minimum absolute atomic E-state index is 0.0182. The molecule has 1 aromatic heterocycles. The lowest BCUT2D eigenvalue weighted by Crippen LogP contribution is -2.32. The summed E-state index contributed by atoms with van der Waals surface area (Å²) in [4.78, 5) is 16.4. The third-order valence-electron chi connectivity index (χ3n) is 3.41. The Morgan fingerprint density at radius 3 is 2.94 bits per heavy atom. The second-order valence-corrected chi connectivity index (χ2v) is 4.93. The van der Waals surface area contributed by atoms with Crippen LogP contribution in [-0.2, 0) is 0 Å². The summed E-state index contributed by atoms with van der Waals surface area (Å²) in [6.45, 7) is 1.91. The number of anilines is 1. The van der Waals surface area contributed by atoms with Crippen LogP contribution < -0.4 is 11.5 Å². The van der Waals surface area contributed by atoms with Gasteiger partial charge in [-0.2, -0.15) is 0 Å². The SMILES string of the molecule is Cc1cnc(N)c(C(=O)C2CCCC(N)C2)c1. The number of nitrogen functional groups attached to an aromatic ring is 1. The number of carbonyl (C=O) groups is 1. The van der Waals surface area contributed by atoms with E-state index >= 15 is 0 Å². The molecule has 4 nitrogen and oxygen atoms in total. The van der Waals surface area contributed by atoms with Crippen molar-refractivity contribution in [2.45, 2.75) is 38.6 Å². The highest BCUT2D eigenvalue weighted by Gasteiger charge is 2.27. The van der Waals surface area contributed by atoms with E-state index < -0.39 is 0 Å². The van der Waals surface area contributed by atoms with E-state index in [2.05, 4.69) is 4.98 Å². The molecule has 0 amide bonds. The topological polar surface area (TPSA) is 82.0 Å². The van der Waals surface area contributed by atoms with E-state index in [9.17, 15) is 4.79 Å². The number of pyridine rings is 1. The van der Waals surface area contributed by atoms with Crippen molar-refractivity contribution in [2.75, 3.05) is 5.73 Å². The molecule has 1 saturated carbocycles. The highest BCUT2D eigenvalue weighted by atomic mass is 16.1. The Bertz CT molecular complexity index is 431. The Morgan fingerprint density at radius 1 is 1.47 bits per heavy atom. The minimum Gasteiger partial charge on any atom is -0.383 e. The molecule has 0 saturated heterocycles. The standard InChI is InChI=1S/C13H19N3O/c1-8-5-11(13(15)16-7-8)12(17)9-3-2-4-10(14)6-9/h5,7,9-10H,2-4,6,14H2,1H3,(H2,15,16). The predicted molar refractivity (Wildman–Crippen MR) is 67.7 cm³/mol. The number of hydrogen-bond donors (Lipinski definition) is 2. The molecule has 92 valence electrons. The second kappa shape index (κ2) is 4.84. The van der Waals surface area contributed by atoms with Crippen LogP contribution in [-0.4, -0.2) is 16.8 Å². The lowest BCUT2D eigenvalue weighted by molar-refractivity contribution is 0.0882. The Kier molecular flexibility index (Phi) is 3.43. The number of hydrogen-bond acceptors (Lipinski definition) is 4. The van der Waals surface area contributed by atoms with Crippen LogP contribution in [0.15, 0.2) is 12.3 Å². The summed E-state index contributed by atoms with van der Waals surface area (Å²) in [6, 6.07) is 1.97. The zero-order valence-electron chi connectivity index (χ0n) is 10.1. The van der Waals surface area contributed by atoms with Gasteiger partial charge < -0.3 is 11.5 Å². The minimum atomic E-state index is 0.0182. The van der Waals surface area contributed by atoms with Crippen LogP contribution in [0.25, 0.3) is 0 Å². The number of aromatic nitrogens is 1. The summed E-state index contributed by atoms with van der Waals surface area (Å²) in [5.41, 5.74) is 13.2. The van der Waals surface area contributed by atoms with Crippen LogP contribution in [0.1, 0.15) is 41.6 Å². The van der Waals surface area contributed by atoms with Gasteiger partial charge in [-0.3, -0.25) is 4.79 Å². The van der Waals surface area contributed by atoms with Crippen LogP contribution in [0.4, 0.5) is 5.82 Å². The highest BCUT2D eigenvalue weighted by molar-refractivity contribution is 6.01. The third kappa shape index (κ3) is 2.64. The average Bonchev–Trinajstić information content (AvgIpc) is 2.31. The van der Waals surface area contributed by atoms with Gasteiger partial charge >= 0.3 is 0 Å². The van der Waals surface area contributed by atoms with Crippen molar-refractivity contribution in [3.63, 3.8) is 0 Å². The zero-order chi connectivity index (χ0) is 12.4. The van der Waals surface area contributed by atoms with E-state index in [0.717, 1.165) is 31.2 Å². The van der Waals surface area contributed by atoms with Crippen molar-refractivity contribution >= 4 is 11.6 Å². The molecule has 1 aliphatic carbocycles. The maximum atomic E-state index is 12.3. The van der Waals surface area contributed by atoms with Crippen molar-refractivity contribution in [1.29, 1.82) is 0 Å². The van der Waals surface area contributed by atoms with Gasteiger partial charge in [0.15, 0.2) is 5.78 Å². The van der Waals surface area contributed by atoms with E-state index in [1.54, 1.807) is 6.20 Å². The zero-order valence-corrected chi connectivity index (χ0v) is 10.1. The van der Waals surface area contributed by atoms with Crippen LogP contribution in [0, 0.1) is 12.8 Å². The molecule has 1 fully saturated rings. The van der Waals surface area contributed by atoms with Gasteiger partial charge in [0.05, 0.1) is 5.56 Å². The molecule has 0 spiro atoms. The van der Waals surface area contributed by atoms with Gasteiger partial charge in [-0.05, 0) is 37.8 Å². The van der Waals surface area contributed by atoms with E-state index in [-0.39, 0.29) is 17.7 Å². The Morgan fingerprint density at radius 2 is 2.24 bits per heavy atom. The van der Waals surface area contributed by atoms with Gasteiger partial charge in [-0.25, -0.2) is 4.98 Å². The van der Waals surface area contributed by atoms with E-state index in [4.69, 9.17) is 11.5 Å². The molecule has 1 aliphatic rings. The van der Waals surface area contributed by atoms with E-state index in [0.29, 0.717) is 11.4 Å². The predicted octanol–water partition coefficient (Wildman–Crippen LogP) is 1.67. The molecule has 2 atom stereocenters. The van der Waals surface area contributed by atoms with Gasteiger partial charge in [0.25, 0.3) is 0 Å². The van der Waals surface area contributed by atoms with Crippen LogP contribution in [0.3, 0.4) is 0 Å². The van der Waals surface area contributed by atoms with Crippen LogP contribution >= 0.6 is 0 Å². The molecule has 0 bridgehead atoms. The Labute approximate surface area is 101 Å². The molecule has 0 aliphatic heterocycles. The van der Waals surface area contributed by atoms with Crippen LogP contribution in [0.2, 0.25) is 0 Å². The number of aryl methyl sites for hydroxylation is 1. The molecule has 4 N–H and O–H groups in total. The molecule has 2 unspecified atom stereocenters. The number of Topliss-reactive ketones (excluding diaryl/α,β-unsaturated/α-hetero) is 1. The molecular weight excluding hydrogens is 214 g/mol.